The molecule has 9 nitrogen and oxygen atoms in total. The Hall–Kier alpha value is -3.24. The fourth-order valence-corrected chi connectivity index (χ4v) is 5.83. The van der Waals surface area contributed by atoms with Gasteiger partial charge in [0.25, 0.3) is 5.91 Å². The van der Waals surface area contributed by atoms with Gasteiger partial charge >= 0.3 is 0 Å². The SMILES string of the molecule is Cn1cnc(C2CC3CC(O)(CNc4cc(N)ncn4)CC3C2)c1C(=O)Nc1ccc(F)c(Cl)c1. The van der Waals surface area contributed by atoms with Gasteiger partial charge in [0.15, 0.2) is 0 Å². The van der Waals surface area contributed by atoms with E-state index in [1.165, 1.54) is 24.5 Å². The van der Waals surface area contributed by atoms with Crippen LogP contribution in [-0.4, -0.2) is 42.7 Å². The fraction of sp³-hybridized carbons (Fsp3) is 0.417. The van der Waals surface area contributed by atoms with E-state index in [1.807, 2.05) is 0 Å². The number of aryl methyl sites for hydroxylation is 1. The number of anilines is 3. The van der Waals surface area contributed by atoms with Crippen molar-refractivity contribution in [2.24, 2.45) is 18.9 Å². The first kappa shape index (κ1) is 23.5. The van der Waals surface area contributed by atoms with Crippen molar-refractivity contribution in [3.8, 4) is 0 Å². The first-order valence-corrected chi connectivity index (χ1v) is 11.9. The molecule has 5 N–H and O–H groups in total. The largest absolute Gasteiger partial charge is 0.388 e. The first-order valence-electron chi connectivity index (χ1n) is 11.5. The second-order valence-corrected chi connectivity index (χ2v) is 10.1. The minimum atomic E-state index is -0.827. The summed E-state index contributed by atoms with van der Waals surface area (Å²) in [6.45, 7) is 0.387. The van der Waals surface area contributed by atoms with Crippen LogP contribution in [0.2, 0.25) is 5.02 Å². The van der Waals surface area contributed by atoms with Crippen molar-refractivity contribution in [3.05, 3.63) is 59.1 Å². The van der Waals surface area contributed by atoms with Crippen molar-refractivity contribution in [2.45, 2.75) is 37.2 Å². The molecule has 3 aromatic rings. The lowest BCUT2D eigenvalue weighted by Gasteiger charge is -2.25. The number of amides is 1. The average Bonchev–Trinajstić information content (AvgIpc) is 3.46. The Morgan fingerprint density at radius 3 is 2.69 bits per heavy atom. The molecule has 2 atom stereocenters. The maximum Gasteiger partial charge on any atom is 0.274 e. The summed E-state index contributed by atoms with van der Waals surface area (Å²) in [7, 11) is 1.78. The molecule has 1 aromatic carbocycles. The summed E-state index contributed by atoms with van der Waals surface area (Å²) in [5.41, 5.74) is 6.53. The van der Waals surface area contributed by atoms with Crippen molar-refractivity contribution < 1.29 is 14.3 Å². The topological polar surface area (TPSA) is 131 Å². The van der Waals surface area contributed by atoms with Crippen LogP contribution in [0, 0.1) is 17.7 Å². The van der Waals surface area contributed by atoms with Gasteiger partial charge < -0.3 is 26.0 Å². The van der Waals surface area contributed by atoms with Gasteiger partial charge in [0.05, 0.1) is 22.6 Å². The summed E-state index contributed by atoms with van der Waals surface area (Å²) in [6.07, 6.45) is 6.08. The maximum atomic E-state index is 13.5. The molecule has 5 rings (SSSR count). The number of imidazole rings is 1. The van der Waals surface area contributed by atoms with E-state index >= 15 is 0 Å². The van der Waals surface area contributed by atoms with Crippen LogP contribution in [0.3, 0.4) is 0 Å². The Morgan fingerprint density at radius 1 is 1.26 bits per heavy atom. The van der Waals surface area contributed by atoms with Crippen LogP contribution in [0.15, 0.2) is 36.9 Å². The number of halogens is 2. The van der Waals surface area contributed by atoms with Crippen LogP contribution < -0.4 is 16.4 Å². The number of hydrogen-bond donors (Lipinski definition) is 4. The Bertz CT molecular complexity index is 1250. The third-order valence-electron chi connectivity index (χ3n) is 7.16. The number of fused-ring (bicyclic) bond motifs is 1. The number of aliphatic hydroxyl groups is 1. The normalized spacial score (nSPS) is 25.4. The highest BCUT2D eigenvalue weighted by Crippen LogP contribution is 2.54. The molecule has 2 aliphatic carbocycles. The van der Waals surface area contributed by atoms with Gasteiger partial charge in [-0.25, -0.2) is 19.3 Å². The molecule has 2 aromatic heterocycles. The molecular formula is C24H27ClFN7O2. The zero-order valence-electron chi connectivity index (χ0n) is 19.2. The lowest BCUT2D eigenvalue weighted by Crippen LogP contribution is -2.35. The highest BCUT2D eigenvalue weighted by molar-refractivity contribution is 6.31. The molecule has 0 saturated heterocycles. The molecule has 0 bridgehead atoms. The van der Waals surface area contributed by atoms with Gasteiger partial charge in [0.1, 0.15) is 29.5 Å². The second kappa shape index (κ2) is 9.09. The number of nitrogens with zero attached hydrogens (tertiary/aromatic N) is 4. The zero-order valence-corrected chi connectivity index (χ0v) is 20.0. The highest BCUT2D eigenvalue weighted by Gasteiger charge is 2.49. The van der Waals surface area contributed by atoms with Gasteiger partial charge in [0, 0.05) is 31.3 Å². The Kier molecular flexibility index (Phi) is 6.10. The Morgan fingerprint density at radius 2 is 2.00 bits per heavy atom. The van der Waals surface area contributed by atoms with Crippen LogP contribution in [0.25, 0.3) is 0 Å². The maximum absolute atomic E-state index is 13.5. The summed E-state index contributed by atoms with van der Waals surface area (Å²) in [4.78, 5) is 25.7. The number of rotatable bonds is 6. The third-order valence-corrected chi connectivity index (χ3v) is 7.45. The van der Waals surface area contributed by atoms with E-state index in [2.05, 4.69) is 25.6 Å². The minimum Gasteiger partial charge on any atom is -0.388 e. The molecule has 2 aliphatic rings. The number of aromatic nitrogens is 4. The lowest BCUT2D eigenvalue weighted by molar-refractivity contribution is 0.0514. The summed E-state index contributed by atoms with van der Waals surface area (Å²) < 4.78 is 15.2. The first-order chi connectivity index (χ1) is 16.7. The predicted octanol–water partition coefficient (Wildman–Crippen LogP) is 3.58. The van der Waals surface area contributed by atoms with Crippen molar-refractivity contribution in [3.63, 3.8) is 0 Å². The molecule has 11 heteroatoms. The van der Waals surface area contributed by atoms with Crippen LogP contribution >= 0.6 is 11.6 Å². The van der Waals surface area contributed by atoms with Crippen LogP contribution in [0.1, 0.15) is 47.8 Å². The van der Waals surface area contributed by atoms with Gasteiger partial charge in [-0.1, -0.05) is 11.6 Å². The van der Waals surface area contributed by atoms with Crippen molar-refractivity contribution in [2.75, 3.05) is 22.9 Å². The molecule has 2 unspecified atom stereocenters. The van der Waals surface area contributed by atoms with Gasteiger partial charge in [-0.05, 0) is 55.7 Å². The number of carbonyl (C=O) groups excluding carboxylic acids is 1. The van der Waals surface area contributed by atoms with E-state index in [9.17, 15) is 14.3 Å². The van der Waals surface area contributed by atoms with Crippen molar-refractivity contribution >= 4 is 34.8 Å². The molecular weight excluding hydrogens is 473 g/mol. The molecule has 2 heterocycles. The van der Waals surface area contributed by atoms with Gasteiger partial charge in [0.2, 0.25) is 0 Å². The van der Waals surface area contributed by atoms with Gasteiger partial charge in [-0.2, -0.15) is 0 Å². The number of nitrogens with one attached hydrogen (secondary N) is 2. The molecule has 0 radical (unpaired) electrons. The van der Waals surface area contributed by atoms with E-state index in [-0.39, 0.29) is 16.8 Å². The Balaban J connectivity index is 1.24. The molecule has 0 aliphatic heterocycles. The second-order valence-electron chi connectivity index (χ2n) is 9.68. The van der Waals surface area contributed by atoms with Crippen LogP contribution in [0.5, 0.6) is 0 Å². The lowest BCUT2D eigenvalue weighted by atomic mass is 9.92. The van der Waals surface area contributed by atoms with E-state index in [1.54, 1.807) is 24.0 Å². The van der Waals surface area contributed by atoms with E-state index in [4.69, 9.17) is 17.3 Å². The summed E-state index contributed by atoms with van der Waals surface area (Å²) in [6, 6.07) is 5.72. The fourth-order valence-electron chi connectivity index (χ4n) is 5.65. The molecule has 2 saturated carbocycles. The zero-order chi connectivity index (χ0) is 24.7. The standard InChI is InChI=1S/C24H27ClFN7O2/c1-33-12-31-21(22(33)23(34)32-16-2-3-18(26)17(25)6-16)13-4-14-8-24(35,9-15(14)5-13)10-28-20-7-19(27)29-11-30-20/h2-3,6-7,11-15,35H,4-5,8-10H2,1H3,(H,32,34)(H3,27,28,29,30). The van der Waals surface area contributed by atoms with Crippen LogP contribution in [0.4, 0.5) is 21.7 Å². The summed E-state index contributed by atoms with van der Waals surface area (Å²) in [5, 5.41) is 17.1. The summed E-state index contributed by atoms with van der Waals surface area (Å²) in [5.74, 6) is 0.921. The number of carbonyl (C=O) groups is 1. The molecule has 1 amide bonds. The van der Waals surface area contributed by atoms with Crippen LogP contribution in [-0.2, 0) is 7.05 Å². The molecule has 0 spiro atoms. The minimum absolute atomic E-state index is 0.0539. The summed E-state index contributed by atoms with van der Waals surface area (Å²) >= 11 is 5.85. The van der Waals surface area contributed by atoms with Crippen molar-refractivity contribution in [1.82, 2.24) is 19.5 Å². The number of hydrogen-bond acceptors (Lipinski definition) is 7. The van der Waals surface area contributed by atoms with Gasteiger partial charge in [-0.3, -0.25) is 4.79 Å². The smallest absolute Gasteiger partial charge is 0.274 e. The monoisotopic (exact) mass is 499 g/mol. The number of nitrogen functional groups attached to an aromatic ring is 1. The van der Waals surface area contributed by atoms with E-state index in [0.29, 0.717) is 54.2 Å². The third kappa shape index (κ3) is 4.81. The van der Waals surface area contributed by atoms with E-state index < -0.39 is 11.4 Å². The number of nitrogens with two attached hydrogens (primary N) is 1. The average molecular weight is 500 g/mol. The highest BCUT2D eigenvalue weighted by atomic mass is 35.5. The molecule has 2 fully saturated rings. The van der Waals surface area contributed by atoms with Crippen molar-refractivity contribution in [1.29, 1.82) is 0 Å². The predicted molar refractivity (Wildman–Crippen MR) is 131 cm³/mol. The molecule has 35 heavy (non-hydrogen) atoms. The van der Waals surface area contributed by atoms with Gasteiger partial charge in [-0.15, -0.1) is 0 Å². The van der Waals surface area contributed by atoms with E-state index in [0.717, 1.165) is 18.5 Å². The molecule has 184 valence electrons. The quantitative estimate of drug-likeness (QED) is 0.407. The number of benzene rings is 1. The Labute approximate surface area is 206 Å².